The number of pyridine rings is 1. The van der Waals surface area contributed by atoms with Crippen molar-refractivity contribution >= 4 is 16.6 Å². The first-order valence-electron chi connectivity index (χ1n) is 10.7. The molecule has 1 saturated heterocycles. The highest BCUT2D eigenvalue weighted by atomic mass is 16.5. The number of nitrogens with zero attached hydrogens (tertiary/aromatic N) is 3. The normalized spacial score (nSPS) is 15.6. The van der Waals surface area contributed by atoms with Crippen LogP contribution in [0.5, 0.6) is 5.75 Å². The van der Waals surface area contributed by atoms with Crippen LogP contribution in [0.3, 0.4) is 0 Å². The zero-order valence-corrected chi connectivity index (χ0v) is 18.0. The Bertz CT molecular complexity index is 1080. The molecule has 0 unspecified atom stereocenters. The highest BCUT2D eigenvalue weighted by Gasteiger charge is 2.23. The summed E-state index contributed by atoms with van der Waals surface area (Å²) in [7, 11) is 1.71. The van der Waals surface area contributed by atoms with E-state index >= 15 is 0 Å². The number of aromatic nitrogens is 1. The summed E-state index contributed by atoms with van der Waals surface area (Å²) in [6, 6.07) is 16.3. The SMILES string of the molecule is COc1c(N2CCC(NC[C@@H](C)O)CC2)cnc2c(-c3ccc(C#N)cc3)cccc12. The van der Waals surface area contributed by atoms with Gasteiger partial charge in [0.05, 0.1) is 42.2 Å². The number of methoxy groups -OCH3 is 1. The van der Waals surface area contributed by atoms with Gasteiger partial charge in [-0.2, -0.15) is 5.26 Å². The predicted octanol–water partition coefficient (Wildman–Crippen LogP) is 3.72. The van der Waals surface area contributed by atoms with Gasteiger partial charge >= 0.3 is 0 Å². The highest BCUT2D eigenvalue weighted by molar-refractivity contribution is 5.99. The molecule has 6 heteroatoms. The maximum atomic E-state index is 9.50. The monoisotopic (exact) mass is 416 g/mol. The van der Waals surface area contributed by atoms with Gasteiger partial charge in [0.25, 0.3) is 0 Å². The van der Waals surface area contributed by atoms with Gasteiger partial charge in [-0.3, -0.25) is 4.98 Å². The molecule has 0 bridgehead atoms. The van der Waals surface area contributed by atoms with Gasteiger partial charge in [0.15, 0.2) is 5.75 Å². The van der Waals surface area contributed by atoms with Crippen LogP contribution in [-0.4, -0.2) is 49.0 Å². The smallest absolute Gasteiger partial charge is 0.153 e. The highest BCUT2D eigenvalue weighted by Crippen LogP contribution is 2.39. The Morgan fingerprint density at radius 3 is 2.61 bits per heavy atom. The largest absolute Gasteiger partial charge is 0.494 e. The summed E-state index contributed by atoms with van der Waals surface area (Å²) in [5.41, 5.74) is 4.59. The molecule has 6 nitrogen and oxygen atoms in total. The molecule has 0 aliphatic carbocycles. The minimum atomic E-state index is -0.326. The molecular weight excluding hydrogens is 388 g/mol. The summed E-state index contributed by atoms with van der Waals surface area (Å²) in [4.78, 5) is 7.16. The number of hydrogen-bond donors (Lipinski definition) is 2. The van der Waals surface area contributed by atoms with Gasteiger partial charge in [0.2, 0.25) is 0 Å². The van der Waals surface area contributed by atoms with Crippen LogP contribution in [0, 0.1) is 11.3 Å². The lowest BCUT2D eigenvalue weighted by Crippen LogP contribution is -2.44. The van der Waals surface area contributed by atoms with E-state index in [-0.39, 0.29) is 6.10 Å². The maximum Gasteiger partial charge on any atom is 0.153 e. The molecule has 1 atom stereocenters. The lowest BCUT2D eigenvalue weighted by Gasteiger charge is -2.35. The second-order valence-corrected chi connectivity index (χ2v) is 8.09. The molecule has 160 valence electrons. The first-order chi connectivity index (χ1) is 15.1. The summed E-state index contributed by atoms with van der Waals surface area (Å²) >= 11 is 0. The summed E-state index contributed by atoms with van der Waals surface area (Å²) in [6.07, 6.45) is 3.61. The summed E-state index contributed by atoms with van der Waals surface area (Å²) < 4.78 is 5.87. The Morgan fingerprint density at radius 2 is 1.97 bits per heavy atom. The average molecular weight is 417 g/mol. The van der Waals surface area contributed by atoms with E-state index in [1.165, 1.54) is 0 Å². The van der Waals surface area contributed by atoms with Gasteiger partial charge < -0.3 is 20.1 Å². The molecule has 2 N–H and O–H groups in total. The van der Waals surface area contributed by atoms with E-state index in [9.17, 15) is 5.11 Å². The topological polar surface area (TPSA) is 81.4 Å². The van der Waals surface area contributed by atoms with Crippen LogP contribution in [0.2, 0.25) is 0 Å². The summed E-state index contributed by atoms with van der Waals surface area (Å²) in [5, 5.41) is 23.0. The lowest BCUT2D eigenvalue weighted by atomic mass is 9.99. The van der Waals surface area contributed by atoms with Crippen LogP contribution in [-0.2, 0) is 0 Å². The molecule has 2 heterocycles. The molecular formula is C25H28N4O2. The third-order valence-corrected chi connectivity index (χ3v) is 5.90. The van der Waals surface area contributed by atoms with E-state index in [0.717, 1.165) is 59.4 Å². The van der Waals surface area contributed by atoms with Crippen LogP contribution >= 0.6 is 0 Å². The first-order valence-corrected chi connectivity index (χ1v) is 10.7. The number of hydrogen-bond acceptors (Lipinski definition) is 6. The van der Waals surface area contributed by atoms with Gasteiger partial charge in [-0.25, -0.2) is 0 Å². The number of ether oxygens (including phenoxy) is 1. The van der Waals surface area contributed by atoms with Gasteiger partial charge in [-0.15, -0.1) is 0 Å². The Labute approximate surface area is 183 Å². The van der Waals surface area contributed by atoms with Gasteiger partial charge in [0, 0.05) is 36.6 Å². The third-order valence-electron chi connectivity index (χ3n) is 5.90. The number of rotatable bonds is 6. The molecule has 31 heavy (non-hydrogen) atoms. The fraction of sp³-hybridized carbons (Fsp3) is 0.360. The predicted molar refractivity (Wildman–Crippen MR) is 123 cm³/mol. The third kappa shape index (κ3) is 4.48. The molecule has 1 fully saturated rings. The van der Waals surface area contributed by atoms with Crippen LogP contribution in [0.25, 0.3) is 22.0 Å². The van der Waals surface area contributed by atoms with E-state index in [2.05, 4.69) is 28.4 Å². The van der Waals surface area contributed by atoms with Crippen molar-refractivity contribution in [3.63, 3.8) is 0 Å². The Hall–Kier alpha value is -3.14. The van der Waals surface area contributed by atoms with Crippen molar-refractivity contribution in [2.45, 2.75) is 31.9 Å². The quantitative estimate of drug-likeness (QED) is 0.637. The molecule has 1 aliphatic heterocycles. The number of para-hydroxylation sites is 1. The van der Waals surface area contributed by atoms with Crippen molar-refractivity contribution in [1.82, 2.24) is 10.3 Å². The van der Waals surface area contributed by atoms with Crippen molar-refractivity contribution in [1.29, 1.82) is 5.26 Å². The van der Waals surface area contributed by atoms with E-state index in [1.807, 2.05) is 36.5 Å². The molecule has 1 aliphatic rings. The average Bonchev–Trinajstić information content (AvgIpc) is 2.82. The standard InChI is InChI=1S/C25H28N4O2/c1-17(30)15-27-20-10-12-29(13-11-20)23-16-28-24-21(4-3-5-22(24)25(23)31-2)19-8-6-18(14-26)7-9-19/h3-9,16-17,20,27,30H,10-13,15H2,1-2H3/t17-/m1/s1. The van der Waals surface area contributed by atoms with Crippen LogP contribution < -0.4 is 15.0 Å². The first kappa shape index (κ1) is 21.1. The zero-order chi connectivity index (χ0) is 21.8. The summed E-state index contributed by atoms with van der Waals surface area (Å²) in [5.74, 6) is 0.843. The van der Waals surface area contributed by atoms with Crippen molar-refractivity contribution in [2.75, 3.05) is 31.6 Å². The number of nitrogens with one attached hydrogen (secondary N) is 1. The van der Waals surface area contributed by atoms with E-state index < -0.39 is 0 Å². The minimum Gasteiger partial charge on any atom is -0.494 e. The van der Waals surface area contributed by atoms with Gasteiger partial charge in [0.1, 0.15) is 0 Å². The van der Waals surface area contributed by atoms with E-state index in [4.69, 9.17) is 15.0 Å². The summed E-state index contributed by atoms with van der Waals surface area (Å²) in [6.45, 7) is 4.26. The molecule has 0 amide bonds. The number of aliphatic hydroxyl groups is 1. The number of nitriles is 1. The molecule has 3 aromatic rings. The van der Waals surface area contributed by atoms with Gasteiger partial charge in [-0.05, 0) is 43.5 Å². The van der Waals surface area contributed by atoms with Crippen molar-refractivity contribution in [2.24, 2.45) is 0 Å². The second-order valence-electron chi connectivity index (χ2n) is 8.09. The molecule has 4 rings (SSSR count). The van der Waals surface area contributed by atoms with Gasteiger partial charge in [-0.1, -0.05) is 24.3 Å². The van der Waals surface area contributed by atoms with Crippen LogP contribution in [0.1, 0.15) is 25.3 Å². The number of piperidine rings is 1. The molecule has 0 spiro atoms. The molecule has 0 radical (unpaired) electrons. The molecule has 0 saturated carbocycles. The van der Waals surface area contributed by atoms with Crippen molar-refractivity contribution < 1.29 is 9.84 Å². The number of benzene rings is 2. The maximum absolute atomic E-state index is 9.50. The molecule has 1 aromatic heterocycles. The Morgan fingerprint density at radius 1 is 1.23 bits per heavy atom. The van der Waals surface area contributed by atoms with E-state index in [1.54, 1.807) is 14.0 Å². The fourth-order valence-electron chi connectivity index (χ4n) is 4.25. The van der Waals surface area contributed by atoms with Crippen LogP contribution in [0.15, 0.2) is 48.7 Å². The van der Waals surface area contributed by atoms with Crippen molar-refractivity contribution in [3.05, 3.63) is 54.2 Å². The second kappa shape index (κ2) is 9.34. The zero-order valence-electron chi connectivity index (χ0n) is 18.0. The Kier molecular flexibility index (Phi) is 6.36. The fourth-order valence-corrected chi connectivity index (χ4v) is 4.25. The minimum absolute atomic E-state index is 0.326. The number of fused-ring (bicyclic) bond motifs is 1. The van der Waals surface area contributed by atoms with Crippen LogP contribution in [0.4, 0.5) is 5.69 Å². The van der Waals surface area contributed by atoms with Crippen molar-refractivity contribution in [3.8, 4) is 22.9 Å². The number of anilines is 1. The molecule has 2 aromatic carbocycles. The number of aliphatic hydroxyl groups excluding tert-OH is 1. The lowest BCUT2D eigenvalue weighted by molar-refractivity contribution is 0.183. The van der Waals surface area contributed by atoms with E-state index in [0.29, 0.717) is 18.2 Å². The Balaban J connectivity index is 1.63.